The van der Waals surface area contributed by atoms with Crippen LogP contribution in [-0.4, -0.2) is 29.9 Å². The van der Waals surface area contributed by atoms with Crippen molar-refractivity contribution in [3.63, 3.8) is 0 Å². The van der Waals surface area contributed by atoms with Crippen LogP contribution < -0.4 is 5.32 Å². The number of nitrogens with one attached hydrogen (secondary N) is 1. The van der Waals surface area contributed by atoms with Gasteiger partial charge in [-0.3, -0.25) is 4.79 Å². The number of alkyl halides is 2. The number of halogens is 2. The van der Waals surface area contributed by atoms with Crippen LogP contribution in [0.25, 0.3) is 0 Å². The summed E-state index contributed by atoms with van der Waals surface area (Å²) in [6.45, 7) is 7.96. The Morgan fingerprint density at radius 3 is 2.72 bits per heavy atom. The molecule has 0 aliphatic rings. The summed E-state index contributed by atoms with van der Waals surface area (Å²) in [5.74, 6) is -0.508. The van der Waals surface area contributed by atoms with Crippen LogP contribution in [0.1, 0.15) is 33.1 Å². The van der Waals surface area contributed by atoms with Crippen molar-refractivity contribution >= 4 is 29.1 Å². The van der Waals surface area contributed by atoms with Crippen molar-refractivity contribution in [2.24, 2.45) is 0 Å². The summed E-state index contributed by atoms with van der Waals surface area (Å²) >= 11 is 11.6. The smallest absolute Gasteiger partial charge is 0.258 e. The van der Waals surface area contributed by atoms with E-state index in [9.17, 15) is 4.79 Å². The molecule has 0 saturated heterocycles. The first kappa shape index (κ1) is 17.7. The van der Waals surface area contributed by atoms with Gasteiger partial charge in [0.2, 0.25) is 0 Å². The molecule has 0 aromatic heterocycles. The molecule has 1 N–H and O–H groups in total. The van der Waals surface area contributed by atoms with Gasteiger partial charge < -0.3 is 14.8 Å². The number of allylic oxidation sites excluding steroid dienone is 1. The van der Waals surface area contributed by atoms with Crippen molar-refractivity contribution in [2.45, 2.75) is 43.7 Å². The van der Waals surface area contributed by atoms with Crippen LogP contribution in [-0.2, 0) is 14.3 Å². The maximum atomic E-state index is 11.6. The summed E-state index contributed by atoms with van der Waals surface area (Å²) in [7, 11) is 0. The summed E-state index contributed by atoms with van der Waals surface area (Å²) in [5, 5.41) is 2.48. The molecule has 0 saturated carbocycles. The van der Waals surface area contributed by atoms with E-state index in [0.29, 0.717) is 6.61 Å². The fourth-order valence-corrected chi connectivity index (χ4v) is 1.42. The molecule has 18 heavy (non-hydrogen) atoms. The van der Waals surface area contributed by atoms with Crippen molar-refractivity contribution in [1.82, 2.24) is 5.32 Å². The van der Waals surface area contributed by atoms with Gasteiger partial charge in [0, 0.05) is 13.0 Å². The minimum Gasteiger partial charge on any atom is -0.353 e. The van der Waals surface area contributed by atoms with E-state index in [1.54, 1.807) is 6.92 Å². The molecule has 0 aromatic rings. The fourth-order valence-electron chi connectivity index (χ4n) is 1.07. The maximum Gasteiger partial charge on any atom is 0.258 e. The van der Waals surface area contributed by atoms with Gasteiger partial charge in [-0.1, -0.05) is 42.6 Å². The molecule has 1 amide bonds. The normalized spacial score (nSPS) is 13.1. The third-order valence-corrected chi connectivity index (χ3v) is 2.79. The largest absolute Gasteiger partial charge is 0.353 e. The summed E-state index contributed by atoms with van der Waals surface area (Å²) in [5.41, 5.74) is 0. The van der Waals surface area contributed by atoms with E-state index >= 15 is 0 Å². The van der Waals surface area contributed by atoms with Crippen molar-refractivity contribution < 1.29 is 14.3 Å². The fraction of sp³-hybridized carbons (Fsp3) is 0.750. The van der Waals surface area contributed by atoms with E-state index < -0.39 is 10.2 Å². The van der Waals surface area contributed by atoms with Crippen LogP contribution in [0.4, 0.5) is 0 Å². The molecular weight excluding hydrogens is 277 g/mol. The van der Waals surface area contributed by atoms with Gasteiger partial charge in [-0.25, -0.2) is 0 Å². The number of rotatable bonds is 10. The van der Waals surface area contributed by atoms with Gasteiger partial charge >= 0.3 is 0 Å². The topological polar surface area (TPSA) is 47.6 Å². The number of ether oxygens (including phenoxy) is 2. The number of carbonyl (C=O) groups is 1. The predicted octanol–water partition coefficient (Wildman–Crippen LogP) is 2.99. The molecule has 0 fully saturated rings. The lowest BCUT2D eigenvalue weighted by molar-refractivity contribution is -0.143. The third-order valence-electron chi connectivity index (χ3n) is 2.13. The zero-order valence-electron chi connectivity index (χ0n) is 10.9. The van der Waals surface area contributed by atoms with E-state index in [-0.39, 0.29) is 19.4 Å². The van der Waals surface area contributed by atoms with Gasteiger partial charge in [-0.05, 0) is 13.3 Å². The Labute approximate surface area is 119 Å². The minimum absolute atomic E-state index is 0.00442. The summed E-state index contributed by atoms with van der Waals surface area (Å²) < 4.78 is 9.07. The lowest BCUT2D eigenvalue weighted by Gasteiger charge is -2.19. The van der Waals surface area contributed by atoms with Crippen LogP contribution in [0.2, 0.25) is 0 Å². The number of unbranched alkanes of at least 4 members (excludes halogenated alkanes) is 1. The maximum absolute atomic E-state index is 11.6. The second-order valence-electron chi connectivity index (χ2n) is 3.81. The Hall–Kier alpha value is -0.290. The van der Waals surface area contributed by atoms with Crippen molar-refractivity contribution in [3.05, 3.63) is 12.7 Å². The molecule has 6 heteroatoms. The molecule has 0 spiro atoms. The van der Waals surface area contributed by atoms with E-state index in [0.717, 1.165) is 12.8 Å². The van der Waals surface area contributed by atoms with Gasteiger partial charge in [0.15, 0.2) is 10.6 Å². The van der Waals surface area contributed by atoms with Gasteiger partial charge in [0.25, 0.3) is 5.91 Å². The first-order chi connectivity index (χ1) is 8.44. The van der Waals surface area contributed by atoms with E-state index in [1.165, 1.54) is 6.08 Å². The monoisotopic (exact) mass is 297 g/mol. The predicted molar refractivity (Wildman–Crippen MR) is 73.7 cm³/mol. The van der Waals surface area contributed by atoms with Crippen LogP contribution in [0.15, 0.2) is 12.7 Å². The molecule has 0 aliphatic carbocycles. The second-order valence-corrected chi connectivity index (χ2v) is 5.29. The lowest BCUT2D eigenvalue weighted by atomic mass is 10.3. The van der Waals surface area contributed by atoms with Gasteiger partial charge in [-0.2, -0.15) is 0 Å². The van der Waals surface area contributed by atoms with E-state index in [4.69, 9.17) is 32.7 Å². The highest BCUT2D eigenvalue weighted by Crippen LogP contribution is 2.25. The zero-order valence-corrected chi connectivity index (χ0v) is 12.4. The molecule has 4 nitrogen and oxygen atoms in total. The standard InChI is InChI=1S/C12H21Cl2NO3/c1-4-6-8-17-10(3)18-9-15-11(16)12(13,14)7-5-2/h5,10H,2,4,6-9H2,1,3H3,(H,15,16). The number of hydrogen-bond acceptors (Lipinski definition) is 3. The van der Waals surface area contributed by atoms with Crippen molar-refractivity contribution in [1.29, 1.82) is 0 Å². The van der Waals surface area contributed by atoms with Gasteiger partial charge in [-0.15, -0.1) is 6.58 Å². The molecule has 0 rings (SSSR count). The number of carbonyl (C=O) groups excluding carboxylic acids is 1. The SMILES string of the molecule is C=CCC(Cl)(Cl)C(=O)NCOC(C)OCCCC. The van der Waals surface area contributed by atoms with Gasteiger partial charge in [0.05, 0.1) is 0 Å². The van der Waals surface area contributed by atoms with Crippen LogP contribution >= 0.6 is 23.2 Å². The molecule has 0 aliphatic heterocycles. The third kappa shape index (κ3) is 7.93. The first-order valence-electron chi connectivity index (χ1n) is 5.94. The highest BCUT2D eigenvalue weighted by Gasteiger charge is 2.31. The quantitative estimate of drug-likeness (QED) is 0.292. The second kappa shape index (κ2) is 9.62. The Morgan fingerprint density at radius 1 is 1.50 bits per heavy atom. The lowest BCUT2D eigenvalue weighted by Crippen LogP contribution is -2.40. The Balaban J connectivity index is 3.76. The Kier molecular flexibility index (Phi) is 9.46. The summed E-state index contributed by atoms with van der Waals surface area (Å²) in [6.07, 6.45) is 3.32. The average molecular weight is 298 g/mol. The highest BCUT2D eigenvalue weighted by atomic mass is 35.5. The molecule has 1 atom stereocenters. The van der Waals surface area contributed by atoms with Crippen LogP contribution in [0.5, 0.6) is 0 Å². The summed E-state index contributed by atoms with van der Waals surface area (Å²) in [4.78, 5) is 11.6. The van der Waals surface area contributed by atoms with Crippen LogP contribution in [0, 0.1) is 0 Å². The number of amides is 1. The van der Waals surface area contributed by atoms with Crippen LogP contribution in [0.3, 0.4) is 0 Å². The Bertz CT molecular complexity index is 260. The Morgan fingerprint density at radius 2 is 2.17 bits per heavy atom. The first-order valence-corrected chi connectivity index (χ1v) is 6.69. The molecule has 0 radical (unpaired) electrons. The molecular formula is C12H21Cl2NO3. The number of hydrogen-bond donors (Lipinski definition) is 1. The molecule has 0 heterocycles. The van der Waals surface area contributed by atoms with Crippen molar-refractivity contribution in [3.8, 4) is 0 Å². The highest BCUT2D eigenvalue weighted by molar-refractivity contribution is 6.58. The summed E-state index contributed by atoms with van der Waals surface area (Å²) in [6, 6.07) is 0. The molecule has 0 aromatic carbocycles. The molecule has 0 bridgehead atoms. The van der Waals surface area contributed by atoms with Crippen molar-refractivity contribution in [2.75, 3.05) is 13.3 Å². The minimum atomic E-state index is -1.50. The average Bonchev–Trinajstić information content (AvgIpc) is 2.29. The molecule has 106 valence electrons. The van der Waals surface area contributed by atoms with E-state index in [2.05, 4.69) is 18.8 Å². The molecule has 1 unspecified atom stereocenters. The van der Waals surface area contributed by atoms with Gasteiger partial charge in [0.1, 0.15) is 6.73 Å². The van der Waals surface area contributed by atoms with E-state index in [1.807, 2.05) is 0 Å². The zero-order chi connectivity index (χ0) is 14.0.